The van der Waals surface area contributed by atoms with Crippen LogP contribution in [0.1, 0.15) is 71.6 Å². The number of ether oxygens (including phenoxy) is 2. The second-order valence-corrected chi connectivity index (χ2v) is 9.77. The summed E-state index contributed by atoms with van der Waals surface area (Å²) in [5.41, 5.74) is 0.839. The Bertz CT molecular complexity index is 466. The molecule has 0 aromatic heterocycles. The van der Waals surface area contributed by atoms with Gasteiger partial charge in [-0.2, -0.15) is 0 Å². The van der Waals surface area contributed by atoms with Gasteiger partial charge in [-0.05, 0) is 92.3 Å². The molecule has 0 aromatic carbocycles. The molecule has 3 heteroatoms. The highest BCUT2D eigenvalue weighted by Gasteiger charge is 2.60. The third-order valence-electron chi connectivity index (χ3n) is 8.94. The van der Waals surface area contributed by atoms with Crippen LogP contribution in [0.2, 0.25) is 0 Å². The Morgan fingerprint density at radius 3 is 2.46 bits per heavy atom. The molecular weight excluding hydrogens is 300 g/mol. The first-order valence-corrected chi connectivity index (χ1v) is 10.3. The van der Waals surface area contributed by atoms with E-state index in [0.29, 0.717) is 23.7 Å². The van der Waals surface area contributed by atoms with Crippen molar-refractivity contribution in [2.75, 3.05) is 13.9 Å². The summed E-state index contributed by atoms with van der Waals surface area (Å²) in [6, 6.07) is 0. The molecule has 4 rings (SSSR count). The third-order valence-corrected chi connectivity index (χ3v) is 8.94. The fourth-order valence-corrected chi connectivity index (χ4v) is 7.61. The van der Waals surface area contributed by atoms with Crippen molar-refractivity contribution in [3.63, 3.8) is 0 Å². The van der Waals surface area contributed by atoms with Gasteiger partial charge in [0.2, 0.25) is 0 Å². The van der Waals surface area contributed by atoms with Crippen LogP contribution in [0.15, 0.2) is 0 Å². The molecule has 0 saturated heterocycles. The lowest BCUT2D eigenvalue weighted by atomic mass is 9.45. The standard InChI is InChI=1S/C21H36O3/c1-20-10-8-15(22)12-14(20)4-5-16-17-6-7-19(24-13-23-3)21(17,2)11-9-18(16)20/h14-19,22H,4-13H2,1-3H3/t14?,15-,16?,17?,18?,19-,20-,21-/m0/s1. The van der Waals surface area contributed by atoms with Crippen LogP contribution in [0.25, 0.3) is 0 Å². The largest absolute Gasteiger partial charge is 0.393 e. The minimum Gasteiger partial charge on any atom is -0.393 e. The van der Waals surface area contributed by atoms with E-state index in [1.807, 2.05) is 0 Å². The highest BCUT2D eigenvalue weighted by Crippen LogP contribution is 2.66. The third kappa shape index (κ3) is 2.49. The van der Waals surface area contributed by atoms with Crippen LogP contribution in [0.5, 0.6) is 0 Å². The SMILES string of the molecule is COCO[C@H]1CCC2C3CCC4C[C@@H](O)CC[C@]4(C)C3CC[C@@]21C. The molecule has 4 aliphatic carbocycles. The van der Waals surface area contributed by atoms with E-state index < -0.39 is 0 Å². The smallest absolute Gasteiger partial charge is 0.146 e. The summed E-state index contributed by atoms with van der Waals surface area (Å²) >= 11 is 0. The van der Waals surface area contributed by atoms with Gasteiger partial charge in [0.15, 0.2) is 0 Å². The van der Waals surface area contributed by atoms with Gasteiger partial charge in [-0.15, -0.1) is 0 Å². The molecular formula is C21H36O3. The average molecular weight is 337 g/mol. The van der Waals surface area contributed by atoms with Gasteiger partial charge in [-0.3, -0.25) is 0 Å². The molecule has 138 valence electrons. The fraction of sp³-hybridized carbons (Fsp3) is 1.00. The van der Waals surface area contributed by atoms with Gasteiger partial charge in [0.25, 0.3) is 0 Å². The summed E-state index contributed by atoms with van der Waals surface area (Å²) in [5, 5.41) is 10.1. The Labute approximate surface area is 147 Å². The number of hydrogen-bond donors (Lipinski definition) is 1. The number of fused-ring (bicyclic) bond motifs is 5. The van der Waals surface area contributed by atoms with Gasteiger partial charge in [0, 0.05) is 7.11 Å². The lowest BCUT2D eigenvalue weighted by Crippen LogP contribution is -2.54. The second kappa shape index (κ2) is 6.25. The van der Waals surface area contributed by atoms with Crippen molar-refractivity contribution in [2.45, 2.75) is 83.8 Å². The molecule has 0 aliphatic heterocycles. The maximum Gasteiger partial charge on any atom is 0.146 e. The molecule has 0 radical (unpaired) electrons. The summed E-state index contributed by atoms with van der Waals surface area (Å²) in [5.74, 6) is 3.36. The zero-order valence-electron chi connectivity index (χ0n) is 15.8. The first kappa shape index (κ1) is 17.3. The van der Waals surface area contributed by atoms with Crippen molar-refractivity contribution in [3.8, 4) is 0 Å². The number of hydrogen-bond acceptors (Lipinski definition) is 3. The molecule has 4 aliphatic rings. The normalized spacial score (nSPS) is 54.0. The Kier molecular flexibility index (Phi) is 4.50. The van der Waals surface area contributed by atoms with E-state index in [0.717, 1.165) is 36.5 Å². The molecule has 0 bridgehead atoms. The Morgan fingerprint density at radius 1 is 0.917 bits per heavy atom. The highest BCUT2D eigenvalue weighted by atomic mass is 16.7. The summed E-state index contributed by atoms with van der Waals surface area (Å²) < 4.78 is 11.3. The predicted octanol–water partition coefficient (Wildman–Crippen LogP) is 4.38. The van der Waals surface area contributed by atoms with Gasteiger partial charge in [0.1, 0.15) is 6.79 Å². The van der Waals surface area contributed by atoms with Crippen LogP contribution < -0.4 is 0 Å². The van der Waals surface area contributed by atoms with Crippen LogP contribution in [-0.2, 0) is 9.47 Å². The Hall–Kier alpha value is -0.120. The zero-order chi connectivity index (χ0) is 16.9. The van der Waals surface area contributed by atoms with Gasteiger partial charge < -0.3 is 14.6 Å². The minimum atomic E-state index is -0.0354. The maximum absolute atomic E-state index is 10.1. The number of methoxy groups -OCH3 is 1. The molecule has 3 nitrogen and oxygen atoms in total. The van der Waals surface area contributed by atoms with E-state index in [2.05, 4.69) is 13.8 Å². The van der Waals surface area contributed by atoms with Crippen molar-refractivity contribution < 1.29 is 14.6 Å². The lowest BCUT2D eigenvalue weighted by molar-refractivity contribution is -0.158. The molecule has 1 N–H and O–H groups in total. The van der Waals surface area contributed by atoms with Gasteiger partial charge in [0.05, 0.1) is 12.2 Å². The van der Waals surface area contributed by atoms with Gasteiger partial charge in [-0.25, -0.2) is 0 Å². The molecule has 0 heterocycles. The van der Waals surface area contributed by atoms with E-state index in [1.165, 1.54) is 44.9 Å². The quantitative estimate of drug-likeness (QED) is 0.777. The average Bonchev–Trinajstić information content (AvgIpc) is 2.90. The van der Waals surface area contributed by atoms with Crippen molar-refractivity contribution in [1.29, 1.82) is 0 Å². The maximum atomic E-state index is 10.1. The van der Waals surface area contributed by atoms with E-state index in [-0.39, 0.29) is 6.10 Å². The minimum absolute atomic E-state index is 0.0354. The molecule has 0 amide bonds. The topological polar surface area (TPSA) is 38.7 Å². The summed E-state index contributed by atoms with van der Waals surface area (Å²) in [6.07, 6.45) is 11.6. The Morgan fingerprint density at radius 2 is 1.67 bits per heavy atom. The van der Waals surface area contributed by atoms with Crippen molar-refractivity contribution >= 4 is 0 Å². The van der Waals surface area contributed by atoms with E-state index >= 15 is 0 Å². The van der Waals surface area contributed by atoms with Crippen LogP contribution in [0, 0.1) is 34.5 Å². The van der Waals surface area contributed by atoms with E-state index in [4.69, 9.17) is 9.47 Å². The molecule has 0 aromatic rings. The fourth-order valence-electron chi connectivity index (χ4n) is 7.61. The first-order valence-electron chi connectivity index (χ1n) is 10.3. The molecule has 4 saturated carbocycles. The van der Waals surface area contributed by atoms with Crippen LogP contribution >= 0.6 is 0 Å². The predicted molar refractivity (Wildman–Crippen MR) is 94.5 cm³/mol. The molecule has 8 atom stereocenters. The number of aliphatic hydroxyl groups excluding tert-OH is 1. The summed E-state index contributed by atoms with van der Waals surface area (Å²) in [6.45, 7) is 5.51. The molecule has 4 unspecified atom stereocenters. The molecule has 24 heavy (non-hydrogen) atoms. The second-order valence-electron chi connectivity index (χ2n) is 9.77. The monoisotopic (exact) mass is 336 g/mol. The number of rotatable bonds is 3. The van der Waals surface area contributed by atoms with E-state index in [9.17, 15) is 5.11 Å². The highest BCUT2D eigenvalue weighted by molar-refractivity contribution is 5.09. The van der Waals surface area contributed by atoms with Gasteiger partial charge >= 0.3 is 0 Å². The van der Waals surface area contributed by atoms with Crippen molar-refractivity contribution in [3.05, 3.63) is 0 Å². The lowest BCUT2D eigenvalue weighted by Gasteiger charge is -2.60. The molecule has 0 spiro atoms. The summed E-state index contributed by atoms with van der Waals surface area (Å²) in [7, 11) is 1.73. The van der Waals surface area contributed by atoms with Crippen LogP contribution in [-0.4, -0.2) is 31.2 Å². The van der Waals surface area contributed by atoms with E-state index in [1.54, 1.807) is 7.11 Å². The van der Waals surface area contributed by atoms with Gasteiger partial charge in [-0.1, -0.05) is 13.8 Å². The summed E-state index contributed by atoms with van der Waals surface area (Å²) in [4.78, 5) is 0. The van der Waals surface area contributed by atoms with Crippen LogP contribution in [0.3, 0.4) is 0 Å². The Balaban J connectivity index is 1.54. The van der Waals surface area contributed by atoms with Crippen molar-refractivity contribution in [2.24, 2.45) is 34.5 Å². The van der Waals surface area contributed by atoms with Crippen LogP contribution in [0.4, 0.5) is 0 Å². The number of aliphatic hydroxyl groups is 1. The zero-order valence-corrected chi connectivity index (χ0v) is 15.8. The molecule has 4 fully saturated rings. The first-order chi connectivity index (χ1) is 11.5. The van der Waals surface area contributed by atoms with Crippen molar-refractivity contribution in [1.82, 2.24) is 0 Å².